The normalized spacial score (nSPS) is 18.4. The second-order valence-electron chi connectivity index (χ2n) is 5.17. The maximum atomic E-state index is 4.27. The molecule has 0 aromatic carbocycles. The molecule has 0 radical (unpaired) electrons. The molecule has 1 N–H and O–H groups in total. The highest BCUT2D eigenvalue weighted by atomic mass is 15.6. The molecule has 1 aliphatic carbocycles. The Labute approximate surface area is 112 Å². The molecule has 0 aliphatic heterocycles. The summed E-state index contributed by atoms with van der Waals surface area (Å²) in [4.78, 5) is 0. The van der Waals surface area contributed by atoms with E-state index in [1.165, 1.54) is 12.8 Å². The number of tetrazole rings is 1. The van der Waals surface area contributed by atoms with Gasteiger partial charge in [-0.15, -0.1) is 5.10 Å². The van der Waals surface area contributed by atoms with Crippen molar-refractivity contribution in [3.05, 3.63) is 24.3 Å². The minimum absolute atomic E-state index is 0.292. The van der Waals surface area contributed by atoms with Gasteiger partial charge in [-0.25, -0.2) is 4.68 Å². The summed E-state index contributed by atoms with van der Waals surface area (Å²) < 4.78 is 3.90. The number of hydrogen-bond acceptors (Lipinski definition) is 5. The van der Waals surface area contributed by atoms with Crippen molar-refractivity contribution in [2.75, 3.05) is 0 Å². The van der Waals surface area contributed by atoms with Gasteiger partial charge in [0, 0.05) is 18.4 Å². The first-order valence-corrected chi connectivity index (χ1v) is 6.75. The van der Waals surface area contributed by atoms with Gasteiger partial charge in [-0.2, -0.15) is 5.10 Å². The maximum absolute atomic E-state index is 4.27. The molecule has 2 aromatic rings. The molecule has 0 unspecified atom stereocenters. The lowest BCUT2D eigenvalue weighted by Gasteiger charge is -2.21. The average molecular weight is 261 g/mol. The van der Waals surface area contributed by atoms with Crippen LogP contribution in [0.15, 0.2) is 18.5 Å². The lowest BCUT2D eigenvalue weighted by molar-refractivity contribution is 0.359. The summed E-state index contributed by atoms with van der Waals surface area (Å²) in [5.74, 6) is 0.919. The van der Waals surface area contributed by atoms with Crippen molar-refractivity contribution in [2.24, 2.45) is 0 Å². The Hall–Kier alpha value is -1.76. The van der Waals surface area contributed by atoms with Gasteiger partial charge < -0.3 is 5.32 Å². The Kier molecular flexibility index (Phi) is 3.29. The van der Waals surface area contributed by atoms with Crippen LogP contribution in [0.3, 0.4) is 0 Å². The molecular formula is C12H19N7. The zero-order valence-corrected chi connectivity index (χ0v) is 11.3. The molecule has 2 heterocycles. The Balaban J connectivity index is 1.58. The van der Waals surface area contributed by atoms with E-state index in [9.17, 15) is 0 Å². The maximum Gasteiger partial charge on any atom is 0.165 e. The van der Waals surface area contributed by atoms with Crippen molar-refractivity contribution >= 4 is 0 Å². The minimum Gasteiger partial charge on any atom is -0.305 e. The topological polar surface area (TPSA) is 73.5 Å². The molecule has 0 bridgehead atoms. The minimum atomic E-state index is 0.292. The Bertz CT molecular complexity index is 514. The van der Waals surface area contributed by atoms with Gasteiger partial charge in [-0.3, -0.25) is 4.68 Å². The summed E-state index contributed by atoms with van der Waals surface area (Å²) in [6.45, 7) is 4.99. The lowest BCUT2D eigenvalue weighted by Crippen LogP contribution is -2.34. The van der Waals surface area contributed by atoms with Gasteiger partial charge in [0.2, 0.25) is 0 Å². The fourth-order valence-electron chi connectivity index (χ4n) is 2.10. The van der Waals surface area contributed by atoms with Gasteiger partial charge in [0.25, 0.3) is 0 Å². The van der Waals surface area contributed by atoms with Crippen LogP contribution in [0.2, 0.25) is 0 Å². The summed E-state index contributed by atoms with van der Waals surface area (Å²) in [6, 6.07) is 3.05. The highest BCUT2D eigenvalue weighted by Gasteiger charge is 2.27. The molecule has 7 nitrogen and oxygen atoms in total. The van der Waals surface area contributed by atoms with E-state index in [0.717, 1.165) is 5.82 Å². The third kappa shape index (κ3) is 2.65. The Morgan fingerprint density at radius 1 is 1.42 bits per heavy atom. The highest BCUT2D eigenvalue weighted by Crippen LogP contribution is 2.34. The van der Waals surface area contributed by atoms with Gasteiger partial charge in [-0.05, 0) is 43.2 Å². The number of rotatable bonds is 6. The Morgan fingerprint density at radius 2 is 2.26 bits per heavy atom. The van der Waals surface area contributed by atoms with Crippen LogP contribution in [0.4, 0.5) is 0 Å². The largest absolute Gasteiger partial charge is 0.305 e. The molecule has 0 saturated heterocycles. The first kappa shape index (κ1) is 12.3. The van der Waals surface area contributed by atoms with Crippen molar-refractivity contribution in [1.82, 2.24) is 35.3 Å². The van der Waals surface area contributed by atoms with Gasteiger partial charge in [-0.1, -0.05) is 0 Å². The van der Waals surface area contributed by atoms with Crippen molar-refractivity contribution in [3.8, 4) is 0 Å². The van der Waals surface area contributed by atoms with Crippen molar-refractivity contribution in [3.63, 3.8) is 0 Å². The summed E-state index contributed by atoms with van der Waals surface area (Å²) in [6.07, 6.45) is 6.17. The molecule has 3 rings (SSSR count). The van der Waals surface area contributed by atoms with Crippen LogP contribution in [0.1, 0.15) is 44.6 Å². The van der Waals surface area contributed by atoms with Crippen LogP contribution >= 0.6 is 0 Å². The van der Waals surface area contributed by atoms with Gasteiger partial charge in [0.05, 0.1) is 18.6 Å². The third-order valence-electron chi connectivity index (χ3n) is 3.70. The molecule has 7 heteroatoms. The fraction of sp³-hybridized carbons (Fsp3) is 0.667. The van der Waals surface area contributed by atoms with E-state index in [-0.39, 0.29) is 0 Å². The third-order valence-corrected chi connectivity index (χ3v) is 3.70. The molecular weight excluding hydrogens is 242 g/mol. The van der Waals surface area contributed by atoms with E-state index >= 15 is 0 Å². The number of hydrogen-bond donors (Lipinski definition) is 1. The lowest BCUT2D eigenvalue weighted by atomic mass is 10.2. The predicted molar refractivity (Wildman–Crippen MR) is 69.3 cm³/mol. The van der Waals surface area contributed by atoms with Gasteiger partial charge in [0.1, 0.15) is 0 Å². The molecule has 1 fully saturated rings. The summed E-state index contributed by atoms with van der Waals surface area (Å²) >= 11 is 0. The van der Waals surface area contributed by atoms with Crippen LogP contribution < -0.4 is 5.32 Å². The monoisotopic (exact) mass is 261 g/mol. The van der Waals surface area contributed by atoms with Crippen LogP contribution in [-0.4, -0.2) is 36.0 Å². The van der Waals surface area contributed by atoms with E-state index in [0.29, 0.717) is 24.7 Å². The molecule has 0 spiro atoms. The first-order valence-electron chi connectivity index (χ1n) is 6.75. The Morgan fingerprint density at radius 3 is 2.95 bits per heavy atom. The summed E-state index contributed by atoms with van der Waals surface area (Å²) in [5, 5.41) is 19.6. The fourth-order valence-corrected chi connectivity index (χ4v) is 2.10. The van der Waals surface area contributed by atoms with E-state index in [1.54, 1.807) is 6.20 Å². The predicted octanol–water partition coefficient (Wildman–Crippen LogP) is 0.944. The number of aromatic nitrogens is 6. The zero-order chi connectivity index (χ0) is 13.2. The second kappa shape index (κ2) is 5.08. The zero-order valence-electron chi connectivity index (χ0n) is 11.3. The molecule has 2 aromatic heterocycles. The quantitative estimate of drug-likeness (QED) is 0.838. The smallest absolute Gasteiger partial charge is 0.165 e. The molecule has 1 aliphatic rings. The molecule has 102 valence electrons. The van der Waals surface area contributed by atoms with Crippen LogP contribution in [-0.2, 0) is 6.54 Å². The van der Waals surface area contributed by atoms with E-state index in [2.05, 4.69) is 39.8 Å². The van der Waals surface area contributed by atoms with Crippen molar-refractivity contribution < 1.29 is 0 Å². The van der Waals surface area contributed by atoms with Crippen LogP contribution in [0.5, 0.6) is 0 Å². The summed E-state index contributed by atoms with van der Waals surface area (Å²) in [7, 11) is 0. The SMILES string of the molecule is C[C@H](NCc1nnnn1C1CC1)[C@H](C)n1cccn1. The van der Waals surface area contributed by atoms with E-state index in [4.69, 9.17) is 0 Å². The second-order valence-corrected chi connectivity index (χ2v) is 5.17. The molecule has 1 saturated carbocycles. The molecule has 0 amide bonds. The van der Waals surface area contributed by atoms with Crippen molar-refractivity contribution in [2.45, 2.75) is 51.4 Å². The number of nitrogens with one attached hydrogen (secondary N) is 1. The van der Waals surface area contributed by atoms with E-state index in [1.807, 2.05) is 21.6 Å². The van der Waals surface area contributed by atoms with E-state index < -0.39 is 0 Å². The van der Waals surface area contributed by atoms with Gasteiger partial charge >= 0.3 is 0 Å². The van der Waals surface area contributed by atoms with Crippen LogP contribution in [0, 0.1) is 0 Å². The number of nitrogens with zero attached hydrogens (tertiary/aromatic N) is 6. The molecule has 19 heavy (non-hydrogen) atoms. The standard InChI is InChI=1S/C12H19N7/c1-9(10(2)18-7-3-6-14-18)13-8-12-15-16-17-19(12)11-4-5-11/h3,6-7,9-11,13H,4-5,8H2,1-2H3/t9-,10-/m0/s1. The molecule has 2 atom stereocenters. The first-order chi connectivity index (χ1) is 9.25. The highest BCUT2D eigenvalue weighted by molar-refractivity contribution is 4.91. The average Bonchev–Trinajstić information content (AvgIpc) is 2.95. The van der Waals surface area contributed by atoms with Gasteiger partial charge in [0.15, 0.2) is 5.82 Å². The van der Waals surface area contributed by atoms with Crippen LogP contribution in [0.25, 0.3) is 0 Å². The summed E-state index contributed by atoms with van der Waals surface area (Å²) in [5.41, 5.74) is 0. The van der Waals surface area contributed by atoms with Crippen molar-refractivity contribution in [1.29, 1.82) is 0 Å².